The molecule has 0 atom stereocenters. The molecule has 0 amide bonds. The molecule has 1 aromatic carbocycles. The lowest BCUT2D eigenvalue weighted by molar-refractivity contribution is 0.411. The molecule has 2 heterocycles. The van der Waals surface area contributed by atoms with Crippen LogP contribution < -0.4 is 4.74 Å². The number of aryl methyl sites for hydroxylation is 2. The van der Waals surface area contributed by atoms with E-state index in [4.69, 9.17) is 4.74 Å². The summed E-state index contributed by atoms with van der Waals surface area (Å²) in [6.07, 6.45) is 3.27. The van der Waals surface area contributed by atoms with Crippen LogP contribution in [0.5, 0.6) is 5.75 Å². The normalized spacial score (nSPS) is 11.0. The third kappa shape index (κ3) is 2.03. The topological polar surface area (TPSA) is 26.5 Å². The van der Waals surface area contributed by atoms with E-state index < -0.39 is 0 Å². The number of benzene rings is 1. The molecule has 4 heteroatoms. The van der Waals surface area contributed by atoms with Gasteiger partial charge in [-0.25, -0.2) is 9.37 Å². The fraction of sp³-hybridized carbons (Fsp3) is 0.188. The van der Waals surface area contributed by atoms with E-state index in [9.17, 15) is 4.39 Å². The molecule has 0 aliphatic rings. The largest absolute Gasteiger partial charge is 0.496 e. The minimum atomic E-state index is -0.274. The molecule has 0 bridgehead atoms. The molecule has 3 rings (SSSR count). The fourth-order valence-corrected chi connectivity index (χ4v) is 2.38. The van der Waals surface area contributed by atoms with Crippen LogP contribution in [0.3, 0.4) is 0 Å². The average molecular weight is 270 g/mol. The van der Waals surface area contributed by atoms with Crippen molar-refractivity contribution in [3.05, 3.63) is 53.6 Å². The molecule has 102 valence electrons. The smallest absolute Gasteiger partial charge is 0.139 e. The minimum absolute atomic E-state index is 0.274. The number of ether oxygens (including phenoxy) is 1. The van der Waals surface area contributed by atoms with Gasteiger partial charge in [-0.05, 0) is 49.2 Å². The number of fused-ring (bicyclic) bond motifs is 1. The molecule has 20 heavy (non-hydrogen) atoms. The number of rotatable bonds is 2. The molecule has 0 fully saturated rings. The van der Waals surface area contributed by atoms with Gasteiger partial charge >= 0.3 is 0 Å². The summed E-state index contributed by atoms with van der Waals surface area (Å²) in [5.41, 5.74) is 4.73. The Kier molecular flexibility index (Phi) is 2.93. The van der Waals surface area contributed by atoms with Crippen molar-refractivity contribution in [2.75, 3.05) is 7.11 Å². The summed E-state index contributed by atoms with van der Waals surface area (Å²) in [5.74, 6) is 0.588. The Balaban J connectivity index is 2.17. The molecule has 3 nitrogen and oxygen atoms in total. The molecule has 0 unspecified atom stereocenters. The van der Waals surface area contributed by atoms with E-state index >= 15 is 0 Å². The van der Waals surface area contributed by atoms with E-state index in [1.807, 2.05) is 32.2 Å². The van der Waals surface area contributed by atoms with Crippen molar-refractivity contribution in [3.8, 4) is 17.0 Å². The molecule has 0 aliphatic carbocycles. The van der Waals surface area contributed by atoms with Gasteiger partial charge in [0.05, 0.1) is 12.8 Å². The molecule has 0 saturated carbocycles. The van der Waals surface area contributed by atoms with Gasteiger partial charge in [0.2, 0.25) is 0 Å². The SMILES string of the molecule is COc1cc(C)c(-c2cn3cc(F)ccc3n2)cc1C. The molecule has 0 saturated heterocycles. The molecule has 2 aromatic heterocycles. The van der Waals surface area contributed by atoms with Crippen LogP contribution >= 0.6 is 0 Å². The quantitative estimate of drug-likeness (QED) is 0.708. The summed E-state index contributed by atoms with van der Waals surface area (Å²) in [6, 6.07) is 7.13. The predicted molar refractivity (Wildman–Crippen MR) is 76.6 cm³/mol. The molecule has 0 aliphatic heterocycles. The number of aromatic nitrogens is 2. The van der Waals surface area contributed by atoms with Crippen LogP contribution in [0.2, 0.25) is 0 Å². The van der Waals surface area contributed by atoms with Crippen LogP contribution in [-0.2, 0) is 0 Å². The van der Waals surface area contributed by atoms with Crippen molar-refractivity contribution >= 4 is 5.65 Å². The monoisotopic (exact) mass is 270 g/mol. The highest BCUT2D eigenvalue weighted by molar-refractivity contribution is 5.68. The summed E-state index contributed by atoms with van der Waals surface area (Å²) in [4.78, 5) is 4.54. The van der Waals surface area contributed by atoms with Gasteiger partial charge < -0.3 is 9.14 Å². The maximum absolute atomic E-state index is 13.2. The van der Waals surface area contributed by atoms with Gasteiger partial charge in [0, 0.05) is 18.0 Å². The lowest BCUT2D eigenvalue weighted by Crippen LogP contribution is -1.91. The maximum atomic E-state index is 13.2. The number of imidazole rings is 1. The minimum Gasteiger partial charge on any atom is -0.496 e. The zero-order valence-corrected chi connectivity index (χ0v) is 11.6. The first-order valence-corrected chi connectivity index (χ1v) is 6.38. The first kappa shape index (κ1) is 12.7. The summed E-state index contributed by atoms with van der Waals surface area (Å²) in [7, 11) is 1.66. The number of hydrogen-bond donors (Lipinski definition) is 0. The maximum Gasteiger partial charge on any atom is 0.139 e. The van der Waals surface area contributed by atoms with Gasteiger partial charge in [-0.3, -0.25) is 0 Å². The highest BCUT2D eigenvalue weighted by Gasteiger charge is 2.10. The van der Waals surface area contributed by atoms with Crippen LogP contribution in [-0.4, -0.2) is 16.5 Å². The second-order valence-corrected chi connectivity index (χ2v) is 4.88. The van der Waals surface area contributed by atoms with Crippen LogP contribution in [0.15, 0.2) is 36.7 Å². The van der Waals surface area contributed by atoms with Gasteiger partial charge in [0.25, 0.3) is 0 Å². The van der Waals surface area contributed by atoms with Crippen molar-refractivity contribution in [2.45, 2.75) is 13.8 Å². The van der Waals surface area contributed by atoms with Gasteiger partial charge in [-0.2, -0.15) is 0 Å². The van der Waals surface area contributed by atoms with Crippen LogP contribution in [0.1, 0.15) is 11.1 Å². The lowest BCUT2D eigenvalue weighted by atomic mass is 10.0. The van der Waals surface area contributed by atoms with Crippen LogP contribution in [0.4, 0.5) is 4.39 Å². The van der Waals surface area contributed by atoms with E-state index in [0.29, 0.717) is 0 Å². The molecular weight excluding hydrogens is 255 g/mol. The van der Waals surface area contributed by atoms with E-state index in [2.05, 4.69) is 4.98 Å². The zero-order chi connectivity index (χ0) is 14.3. The Morgan fingerprint density at radius 3 is 2.65 bits per heavy atom. The first-order chi connectivity index (χ1) is 9.58. The number of nitrogens with zero attached hydrogens (tertiary/aromatic N) is 2. The van der Waals surface area contributed by atoms with E-state index in [0.717, 1.165) is 33.8 Å². The third-order valence-electron chi connectivity index (χ3n) is 3.43. The van der Waals surface area contributed by atoms with Crippen LogP contribution in [0, 0.1) is 19.7 Å². The standard InChI is InChI=1S/C16H15FN2O/c1-10-7-15(20-3)11(2)6-13(10)14-9-19-8-12(17)4-5-16(19)18-14/h4-9H,1-3H3. The molecule has 0 N–H and O–H groups in total. The Morgan fingerprint density at radius 2 is 1.90 bits per heavy atom. The zero-order valence-electron chi connectivity index (χ0n) is 11.6. The van der Waals surface area contributed by atoms with E-state index in [1.54, 1.807) is 17.6 Å². The summed E-state index contributed by atoms with van der Waals surface area (Å²) >= 11 is 0. The first-order valence-electron chi connectivity index (χ1n) is 6.38. The molecular formula is C16H15FN2O. The van der Waals surface area contributed by atoms with Gasteiger partial charge in [-0.15, -0.1) is 0 Å². The second-order valence-electron chi connectivity index (χ2n) is 4.88. The van der Waals surface area contributed by atoms with Gasteiger partial charge in [-0.1, -0.05) is 0 Å². The predicted octanol–water partition coefficient (Wildman–Crippen LogP) is 3.77. The van der Waals surface area contributed by atoms with E-state index in [1.165, 1.54) is 12.3 Å². The molecule has 0 radical (unpaired) electrons. The summed E-state index contributed by atoms with van der Waals surface area (Å²) in [5, 5.41) is 0. The average Bonchev–Trinajstić information content (AvgIpc) is 2.83. The Hall–Kier alpha value is -2.36. The van der Waals surface area contributed by atoms with Crippen molar-refractivity contribution < 1.29 is 9.13 Å². The fourth-order valence-electron chi connectivity index (χ4n) is 2.38. The Morgan fingerprint density at radius 1 is 1.10 bits per heavy atom. The van der Waals surface area contributed by atoms with Gasteiger partial charge in [0.15, 0.2) is 0 Å². The number of methoxy groups -OCH3 is 1. The number of halogens is 1. The van der Waals surface area contributed by atoms with Crippen LogP contribution in [0.25, 0.3) is 16.9 Å². The van der Waals surface area contributed by atoms with Crippen molar-refractivity contribution in [3.63, 3.8) is 0 Å². The second kappa shape index (κ2) is 4.63. The van der Waals surface area contributed by atoms with E-state index in [-0.39, 0.29) is 5.82 Å². The van der Waals surface area contributed by atoms with Gasteiger partial charge in [0.1, 0.15) is 17.2 Å². The molecule has 3 aromatic rings. The number of hydrogen-bond acceptors (Lipinski definition) is 2. The summed E-state index contributed by atoms with van der Waals surface area (Å²) in [6.45, 7) is 4.01. The highest BCUT2D eigenvalue weighted by Crippen LogP contribution is 2.29. The Bertz CT molecular complexity index is 793. The Labute approximate surface area is 116 Å². The van der Waals surface area contributed by atoms with Crippen molar-refractivity contribution in [2.24, 2.45) is 0 Å². The van der Waals surface area contributed by atoms with Crippen molar-refractivity contribution in [1.82, 2.24) is 9.38 Å². The summed E-state index contributed by atoms with van der Waals surface area (Å²) < 4.78 is 20.2. The lowest BCUT2D eigenvalue weighted by Gasteiger charge is -2.09. The third-order valence-corrected chi connectivity index (χ3v) is 3.43. The van der Waals surface area contributed by atoms with Crippen molar-refractivity contribution in [1.29, 1.82) is 0 Å². The number of pyridine rings is 1. The molecule has 0 spiro atoms. The highest BCUT2D eigenvalue weighted by atomic mass is 19.1.